The average Bonchev–Trinajstić information content (AvgIpc) is 3.11. The predicted octanol–water partition coefficient (Wildman–Crippen LogP) is 2.86. The molecule has 2 aromatic heterocycles. The van der Waals surface area contributed by atoms with E-state index in [9.17, 15) is 4.79 Å². The molecular formula is C12H11N3O2S. The molecule has 1 aliphatic rings. The Hall–Kier alpha value is -1.95. The van der Waals surface area contributed by atoms with Gasteiger partial charge in [-0.25, -0.2) is 14.8 Å². The van der Waals surface area contributed by atoms with Gasteiger partial charge >= 0.3 is 5.97 Å². The highest BCUT2D eigenvalue weighted by Crippen LogP contribution is 2.41. The molecule has 0 radical (unpaired) electrons. The molecule has 3 rings (SSSR count). The molecule has 1 fully saturated rings. The number of carboxylic acid groups (broad SMARTS) is 1. The molecule has 0 atom stereocenters. The lowest BCUT2D eigenvalue weighted by Crippen LogP contribution is -2.01. The van der Waals surface area contributed by atoms with Crippen molar-refractivity contribution in [3.05, 3.63) is 35.1 Å². The zero-order valence-corrected chi connectivity index (χ0v) is 10.3. The van der Waals surface area contributed by atoms with Crippen LogP contribution in [0.15, 0.2) is 23.7 Å². The molecule has 5 nitrogen and oxygen atoms in total. The molecule has 92 valence electrons. The van der Waals surface area contributed by atoms with Gasteiger partial charge < -0.3 is 10.4 Å². The molecule has 6 heteroatoms. The number of hydrogen-bond donors (Lipinski definition) is 2. The van der Waals surface area contributed by atoms with Crippen LogP contribution < -0.4 is 5.32 Å². The molecule has 0 bridgehead atoms. The van der Waals surface area contributed by atoms with Crippen LogP contribution >= 0.6 is 11.3 Å². The second kappa shape index (κ2) is 4.38. The number of nitrogens with zero attached hydrogens (tertiary/aromatic N) is 2. The van der Waals surface area contributed by atoms with E-state index in [2.05, 4.69) is 20.7 Å². The Morgan fingerprint density at radius 2 is 2.33 bits per heavy atom. The Kier molecular flexibility index (Phi) is 2.71. The first-order valence-electron chi connectivity index (χ1n) is 5.64. The molecule has 0 aromatic carbocycles. The zero-order valence-electron chi connectivity index (χ0n) is 9.46. The van der Waals surface area contributed by atoms with Gasteiger partial charge in [-0.2, -0.15) is 0 Å². The first kappa shape index (κ1) is 11.2. The first-order valence-corrected chi connectivity index (χ1v) is 6.52. The van der Waals surface area contributed by atoms with E-state index in [0.29, 0.717) is 11.6 Å². The lowest BCUT2D eigenvalue weighted by Gasteiger charge is -2.02. The summed E-state index contributed by atoms with van der Waals surface area (Å²) in [5.74, 6) is -0.403. The van der Waals surface area contributed by atoms with E-state index in [1.807, 2.05) is 0 Å². The van der Waals surface area contributed by atoms with Crippen LogP contribution in [0.2, 0.25) is 0 Å². The van der Waals surface area contributed by atoms with Crippen molar-refractivity contribution in [2.75, 3.05) is 5.32 Å². The number of rotatable bonds is 4. The van der Waals surface area contributed by atoms with Crippen LogP contribution in [0, 0.1) is 0 Å². The summed E-state index contributed by atoms with van der Waals surface area (Å²) in [5.41, 5.74) is 1.85. The molecule has 0 spiro atoms. The van der Waals surface area contributed by atoms with E-state index in [4.69, 9.17) is 5.11 Å². The van der Waals surface area contributed by atoms with Gasteiger partial charge in [-0.1, -0.05) is 0 Å². The number of thiazole rings is 1. The summed E-state index contributed by atoms with van der Waals surface area (Å²) in [4.78, 5) is 19.1. The third-order valence-electron chi connectivity index (χ3n) is 2.75. The lowest BCUT2D eigenvalue weighted by molar-refractivity contribution is 0.0690. The molecule has 1 saturated carbocycles. The predicted molar refractivity (Wildman–Crippen MR) is 68.6 cm³/mol. The third kappa shape index (κ3) is 2.33. The maximum absolute atomic E-state index is 10.8. The fourth-order valence-corrected chi connectivity index (χ4v) is 2.47. The van der Waals surface area contributed by atoms with Crippen LogP contribution in [0.4, 0.5) is 10.8 Å². The number of carboxylic acids is 1. The number of carbonyl (C=O) groups is 1. The van der Waals surface area contributed by atoms with E-state index in [-0.39, 0.29) is 5.69 Å². The van der Waals surface area contributed by atoms with Crippen molar-refractivity contribution >= 4 is 28.1 Å². The topological polar surface area (TPSA) is 75.1 Å². The lowest BCUT2D eigenvalue weighted by atomic mass is 10.3. The van der Waals surface area contributed by atoms with Crippen molar-refractivity contribution in [3.8, 4) is 0 Å². The van der Waals surface area contributed by atoms with Crippen molar-refractivity contribution in [3.63, 3.8) is 0 Å². The summed E-state index contributed by atoms with van der Waals surface area (Å²) < 4.78 is 0. The summed E-state index contributed by atoms with van der Waals surface area (Å²) in [7, 11) is 0. The Balaban J connectivity index is 1.78. The van der Waals surface area contributed by atoms with Gasteiger partial charge in [0.15, 0.2) is 5.13 Å². The second-order valence-corrected chi connectivity index (χ2v) is 5.07. The maximum atomic E-state index is 10.8. The number of nitrogens with one attached hydrogen (secondary N) is 1. The normalized spacial score (nSPS) is 14.4. The molecule has 0 amide bonds. The van der Waals surface area contributed by atoms with Crippen LogP contribution in [0.5, 0.6) is 0 Å². The van der Waals surface area contributed by atoms with Gasteiger partial charge in [0.2, 0.25) is 0 Å². The van der Waals surface area contributed by atoms with Crippen LogP contribution in [0.25, 0.3) is 0 Å². The van der Waals surface area contributed by atoms with Crippen LogP contribution in [0.1, 0.15) is 34.9 Å². The van der Waals surface area contributed by atoms with Crippen LogP contribution in [-0.2, 0) is 0 Å². The van der Waals surface area contributed by atoms with Gasteiger partial charge in [-0.05, 0) is 25.0 Å². The Labute approximate surface area is 108 Å². The monoisotopic (exact) mass is 261 g/mol. The SMILES string of the molecule is O=C(O)c1cc(Nc2nc(C3CC3)cs2)ccn1. The maximum Gasteiger partial charge on any atom is 0.354 e. The van der Waals surface area contributed by atoms with E-state index < -0.39 is 5.97 Å². The van der Waals surface area contributed by atoms with Gasteiger partial charge in [0, 0.05) is 23.2 Å². The standard InChI is InChI=1S/C12H11N3O2S/c16-11(17)9-5-8(3-4-13-9)14-12-15-10(6-18-12)7-1-2-7/h3-7H,1-2H2,(H,16,17)(H,13,14,15). The highest BCUT2D eigenvalue weighted by Gasteiger charge is 2.26. The number of pyridine rings is 1. The van der Waals surface area contributed by atoms with Crippen molar-refractivity contribution in [2.45, 2.75) is 18.8 Å². The smallest absolute Gasteiger partial charge is 0.354 e. The van der Waals surface area contributed by atoms with Crippen LogP contribution in [-0.4, -0.2) is 21.0 Å². The Morgan fingerprint density at radius 1 is 1.50 bits per heavy atom. The van der Waals surface area contributed by atoms with Crippen molar-refractivity contribution in [1.29, 1.82) is 0 Å². The molecule has 2 aromatic rings. The fourth-order valence-electron chi connectivity index (χ4n) is 1.66. The van der Waals surface area contributed by atoms with Gasteiger partial charge in [0.25, 0.3) is 0 Å². The van der Waals surface area contributed by atoms with Gasteiger partial charge in [0.1, 0.15) is 5.69 Å². The minimum absolute atomic E-state index is 0.0268. The van der Waals surface area contributed by atoms with Crippen molar-refractivity contribution in [1.82, 2.24) is 9.97 Å². The molecule has 0 saturated heterocycles. The summed E-state index contributed by atoms with van der Waals surface area (Å²) in [6, 6.07) is 3.23. The van der Waals surface area contributed by atoms with Crippen molar-refractivity contribution in [2.24, 2.45) is 0 Å². The molecule has 2 N–H and O–H groups in total. The minimum atomic E-state index is -1.03. The van der Waals surface area contributed by atoms with Crippen molar-refractivity contribution < 1.29 is 9.90 Å². The second-order valence-electron chi connectivity index (χ2n) is 4.21. The van der Waals surface area contributed by atoms with Gasteiger partial charge in [-0.15, -0.1) is 11.3 Å². The summed E-state index contributed by atoms with van der Waals surface area (Å²) in [6.07, 6.45) is 3.92. The summed E-state index contributed by atoms with van der Waals surface area (Å²) in [5, 5.41) is 14.8. The highest BCUT2D eigenvalue weighted by molar-refractivity contribution is 7.13. The number of aromatic carboxylic acids is 1. The van der Waals surface area contributed by atoms with E-state index in [1.54, 1.807) is 6.07 Å². The molecule has 0 aliphatic heterocycles. The largest absolute Gasteiger partial charge is 0.477 e. The fraction of sp³-hybridized carbons (Fsp3) is 0.250. The number of aromatic nitrogens is 2. The third-order valence-corrected chi connectivity index (χ3v) is 3.52. The molecule has 18 heavy (non-hydrogen) atoms. The Morgan fingerprint density at radius 3 is 3.06 bits per heavy atom. The zero-order chi connectivity index (χ0) is 12.5. The van der Waals surface area contributed by atoms with Gasteiger partial charge in [0.05, 0.1) is 5.69 Å². The average molecular weight is 261 g/mol. The summed E-state index contributed by atoms with van der Waals surface area (Å²) >= 11 is 1.54. The van der Waals surface area contributed by atoms with E-state index in [1.165, 1.54) is 36.4 Å². The molecule has 0 unspecified atom stereocenters. The van der Waals surface area contributed by atoms with E-state index in [0.717, 1.165) is 10.8 Å². The van der Waals surface area contributed by atoms with Crippen LogP contribution in [0.3, 0.4) is 0 Å². The minimum Gasteiger partial charge on any atom is -0.477 e. The highest BCUT2D eigenvalue weighted by atomic mass is 32.1. The summed E-state index contributed by atoms with van der Waals surface area (Å²) in [6.45, 7) is 0. The number of hydrogen-bond acceptors (Lipinski definition) is 5. The van der Waals surface area contributed by atoms with Gasteiger partial charge in [-0.3, -0.25) is 0 Å². The number of anilines is 2. The molecular weight excluding hydrogens is 250 g/mol. The van der Waals surface area contributed by atoms with E-state index >= 15 is 0 Å². The molecule has 1 aliphatic carbocycles. The molecule has 2 heterocycles. The quantitative estimate of drug-likeness (QED) is 0.885. The Bertz CT molecular complexity index is 593. The first-order chi connectivity index (χ1) is 8.72.